The third-order valence-corrected chi connectivity index (χ3v) is 7.80. The molecule has 0 aromatic heterocycles. The number of carbonyl (C=O) groups is 1. The molecule has 0 unspecified atom stereocenters. The highest BCUT2D eigenvalue weighted by Crippen LogP contribution is 2.53. The van der Waals surface area contributed by atoms with E-state index in [2.05, 4.69) is 34.5 Å². The number of carbonyl (C=O) groups excluding carboxylic acids is 1. The molecule has 5 rings (SSSR count). The predicted molar refractivity (Wildman–Crippen MR) is 101 cm³/mol. The van der Waals surface area contributed by atoms with Gasteiger partial charge in [-0.25, -0.2) is 0 Å². The molecular formula is C22H32N2O. The first-order valence-corrected chi connectivity index (χ1v) is 10.3. The fourth-order valence-electron chi connectivity index (χ4n) is 6.68. The van der Waals surface area contributed by atoms with Crippen LogP contribution in [0.1, 0.15) is 70.5 Å². The van der Waals surface area contributed by atoms with Gasteiger partial charge in [-0.3, -0.25) is 4.79 Å². The van der Waals surface area contributed by atoms with Gasteiger partial charge < -0.3 is 10.2 Å². The molecule has 1 spiro atoms. The number of nitrogens with one attached hydrogen (secondary N) is 1. The minimum atomic E-state index is 0. The van der Waals surface area contributed by atoms with Gasteiger partial charge in [-0.2, -0.15) is 0 Å². The van der Waals surface area contributed by atoms with Gasteiger partial charge in [0.25, 0.3) is 0 Å². The van der Waals surface area contributed by atoms with Crippen molar-refractivity contribution in [3.8, 4) is 0 Å². The van der Waals surface area contributed by atoms with Crippen LogP contribution in [0.2, 0.25) is 0 Å². The zero-order chi connectivity index (χ0) is 17.0. The third kappa shape index (κ3) is 2.54. The molecule has 1 saturated heterocycles. The Labute approximate surface area is 152 Å². The highest BCUT2D eigenvalue weighted by molar-refractivity contribution is 5.73. The molecule has 25 heavy (non-hydrogen) atoms. The van der Waals surface area contributed by atoms with Gasteiger partial charge in [-0.1, -0.05) is 30.7 Å². The molecule has 136 valence electrons. The van der Waals surface area contributed by atoms with E-state index in [1.807, 2.05) is 0 Å². The maximum absolute atomic E-state index is 11.7. The first-order valence-electron chi connectivity index (χ1n) is 10.3. The first-order chi connectivity index (χ1) is 12.1. The van der Waals surface area contributed by atoms with Crippen LogP contribution in [0.3, 0.4) is 0 Å². The largest absolute Gasteiger partial charge is 0.349 e. The highest BCUT2D eigenvalue weighted by Gasteiger charge is 2.48. The van der Waals surface area contributed by atoms with E-state index in [1.165, 1.54) is 62.7 Å². The Morgan fingerprint density at radius 3 is 2.68 bits per heavy atom. The summed E-state index contributed by atoms with van der Waals surface area (Å²) in [5.41, 5.74) is 3.17. The average molecular weight is 341 g/mol. The Morgan fingerprint density at radius 1 is 1.20 bits per heavy atom. The Morgan fingerprint density at radius 2 is 2.00 bits per heavy atom. The first kappa shape index (κ1) is 15.9. The van der Waals surface area contributed by atoms with Gasteiger partial charge in [0.2, 0.25) is 5.91 Å². The van der Waals surface area contributed by atoms with Gasteiger partial charge in [-0.15, -0.1) is 0 Å². The fourth-order valence-corrected chi connectivity index (χ4v) is 6.68. The number of hydrogen-bond acceptors (Lipinski definition) is 2. The van der Waals surface area contributed by atoms with Gasteiger partial charge in [0.05, 0.1) is 6.04 Å². The zero-order valence-electron chi connectivity index (χ0n) is 15.3. The molecule has 1 heterocycles. The van der Waals surface area contributed by atoms with E-state index in [0.29, 0.717) is 0 Å². The molecular weight excluding hydrogens is 308 g/mol. The lowest BCUT2D eigenvalue weighted by atomic mass is 9.73. The van der Waals surface area contributed by atoms with Crippen LogP contribution in [0.25, 0.3) is 0 Å². The molecule has 1 aromatic carbocycles. The number of nitrogens with zero attached hydrogens (tertiary/aromatic N) is 1. The van der Waals surface area contributed by atoms with Crippen LogP contribution in [-0.2, 0) is 10.2 Å². The molecule has 4 aliphatic rings. The van der Waals surface area contributed by atoms with Crippen molar-refractivity contribution >= 4 is 5.91 Å². The number of amides is 1. The van der Waals surface area contributed by atoms with Gasteiger partial charge in [0, 0.05) is 19.8 Å². The highest BCUT2D eigenvalue weighted by atomic mass is 16.1. The van der Waals surface area contributed by atoms with Crippen LogP contribution in [0.5, 0.6) is 0 Å². The van der Waals surface area contributed by atoms with Crippen molar-refractivity contribution in [2.24, 2.45) is 11.8 Å². The fraction of sp³-hybridized carbons (Fsp3) is 0.682. The quantitative estimate of drug-likeness (QED) is 0.881. The Bertz CT molecular complexity index is 682. The lowest BCUT2D eigenvalue weighted by molar-refractivity contribution is -0.119. The SMILES string of the molecule is CC(=O)N[C@H]1CC2(CCN([C@H]3C[C@@H]4CC[C@H]3C4)CC2)c2ccccc21.[HH]. The molecule has 3 heteroatoms. The van der Waals surface area contributed by atoms with Crippen LogP contribution in [0, 0.1) is 11.8 Å². The van der Waals surface area contributed by atoms with E-state index >= 15 is 0 Å². The molecule has 1 aromatic rings. The van der Waals surface area contributed by atoms with E-state index in [9.17, 15) is 4.79 Å². The van der Waals surface area contributed by atoms with Gasteiger partial charge in [-0.05, 0) is 74.6 Å². The van der Waals surface area contributed by atoms with Crippen LogP contribution >= 0.6 is 0 Å². The number of rotatable bonds is 2. The number of benzene rings is 1. The summed E-state index contributed by atoms with van der Waals surface area (Å²) in [6.45, 7) is 4.13. The summed E-state index contributed by atoms with van der Waals surface area (Å²) in [5, 5.41) is 3.21. The van der Waals surface area contributed by atoms with Crippen molar-refractivity contribution in [1.82, 2.24) is 10.2 Å². The molecule has 1 N–H and O–H groups in total. The van der Waals surface area contributed by atoms with Crippen LogP contribution < -0.4 is 5.32 Å². The number of piperidine rings is 1. The predicted octanol–water partition coefficient (Wildman–Crippen LogP) is 4.04. The average Bonchev–Trinajstić information content (AvgIpc) is 3.31. The van der Waals surface area contributed by atoms with E-state index in [-0.39, 0.29) is 18.8 Å². The van der Waals surface area contributed by atoms with Gasteiger partial charge in [0.15, 0.2) is 0 Å². The van der Waals surface area contributed by atoms with E-state index in [0.717, 1.165) is 24.3 Å². The van der Waals surface area contributed by atoms with Gasteiger partial charge in [0.1, 0.15) is 0 Å². The summed E-state index contributed by atoms with van der Waals surface area (Å²) in [6.07, 6.45) is 9.54. The standard InChI is InChI=1S/C22H30N2O.H2/c1-15(25)23-20-14-22(19-5-3-2-4-18(19)20)8-10-24(11-9-22)21-13-16-6-7-17(21)12-16;/h2-5,16-17,20-21H,6-14H2,1H3,(H,23,25);1H/t16-,17+,20+,21+;/m1./s1. The molecule has 2 bridgehead atoms. The second kappa shape index (κ2) is 5.84. The van der Waals surface area contributed by atoms with E-state index in [4.69, 9.17) is 0 Å². The van der Waals surface area contributed by atoms with Gasteiger partial charge >= 0.3 is 0 Å². The number of fused-ring (bicyclic) bond motifs is 4. The van der Waals surface area contributed by atoms with E-state index in [1.54, 1.807) is 6.92 Å². The molecule has 1 amide bonds. The Balaban J connectivity index is 0.00000168. The lowest BCUT2D eigenvalue weighted by Crippen LogP contribution is -2.48. The lowest BCUT2D eigenvalue weighted by Gasteiger charge is -2.44. The summed E-state index contributed by atoms with van der Waals surface area (Å²) in [7, 11) is 0. The topological polar surface area (TPSA) is 32.3 Å². The molecule has 3 fully saturated rings. The summed E-state index contributed by atoms with van der Waals surface area (Å²) >= 11 is 0. The van der Waals surface area contributed by atoms with Crippen LogP contribution in [0.4, 0.5) is 0 Å². The maximum Gasteiger partial charge on any atom is 0.217 e. The Kier molecular flexibility index (Phi) is 3.70. The van der Waals surface area contributed by atoms with Crippen molar-refractivity contribution in [3.05, 3.63) is 35.4 Å². The van der Waals surface area contributed by atoms with Crippen LogP contribution in [0.15, 0.2) is 24.3 Å². The maximum atomic E-state index is 11.7. The summed E-state index contributed by atoms with van der Waals surface area (Å²) in [5.74, 6) is 2.11. The molecule has 3 aliphatic carbocycles. The molecule has 1 aliphatic heterocycles. The number of likely N-dealkylation sites (tertiary alicyclic amines) is 1. The summed E-state index contributed by atoms with van der Waals surface area (Å²) < 4.78 is 0. The number of hydrogen-bond donors (Lipinski definition) is 1. The van der Waals surface area contributed by atoms with Crippen molar-refractivity contribution in [3.63, 3.8) is 0 Å². The molecule has 4 atom stereocenters. The second-order valence-corrected chi connectivity index (χ2v) is 9.10. The summed E-state index contributed by atoms with van der Waals surface area (Å²) in [6, 6.07) is 9.94. The van der Waals surface area contributed by atoms with Crippen molar-refractivity contribution < 1.29 is 6.22 Å². The van der Waals surface area contributed by atoms with Crippen molar-refractivity contribution in [2.45, 2.75) is 69.4 Å². The van der Waals surface area contributed by atoms with Crippen molar-refractivity contribution in [2.75, 3.05) is 13.1 Å². The molecule has 0 radical (unpaired) electrons. The minimum absolute atomic E-state index is 0. The van der Waals surface area contributed by atoms with Crippen LogP contribution in [-0.4, -0.2) is 29.9 Å². The second-order valence-electron chi connectivity index (χ2n) is 9.10. The molecule has 3 nitrogen and oxygen atoms in total. The van der Waals surface area contributed by atoms with Crippen molar-refractivity contribution in [1.29, 1.82) is 0 Å². The zero-order valence-corrected chi connectivity index (χ0v) is 15.3. The smallest absolute Gasteiger partial charge is 0.217 e. The van der Waals surface area contributed by atoms with E-state index < -0.39 is 0 Å². The molecule has 2 saturated carbocycles. The summed E-state index contributed by atoms with van der Waals surface area (Å²) in [4.78, 5) is 14.5. The Hall–Kier alpha value is -1.35. The monoisotopic (exact) mass is 340 g/mol. The minimum Gasteiger partial charge on any atom is -0.349 e. The third-order valence-electron chi connectivity index (χ3n) is 7.80. The normalized spacial score (nSPS) is 35.9.